The quantitative estimate of drug-likeness (QED) is 0.677. The molecule has 1 rings (SSSR count). The van der Waals surface area contributed by atoms with Gasteiger partial charge in [0.05, 0.1) is 5.75 Å². The van der Waals surface area contributed by atoms with E-state index in [4.69, 9.17) is 21.8 Å². The number of amides is 1. The van der Waals surface area contributed by atoms with Crippen LogP contribution in [0.4, 0.5) is 0 Å². The van der Waals surface area contributed by atoms with Crippen molar-refractivity contribution in [3.63, 3.8) is 0 Å². The third-order valence-electron chi connectivity index (χ3n) is 2.42. The molecule has 1 amide bonds. The first-order chi connectivity index (χ1) is 9.49. The van der Waals surface area contributed by atoms with Crippen LogP contribution in [0.1, 0.15) is 12.0 Å². The molecule has 0 aliphatic heterocycles. The number of carboxylic acids is 1. The van der Waals surface area contributed by atoms with Gasteiger partial charge >= 0.3 is 5.97 Å². The lowest BCUT2D eigenvalue weighted by Crippen LogP contribution is -2.31. The Kier molecular flexibility index (Phi) is 7.43. The Morgan fingerprint density at radius 1 is 1.40 bits per heavy atom. The Balaban J connectivity index is 2.16. The second kappa shape index (κ2) is 8.84. The summed E-state index contributed by atoms with van der Waals surface area (Å²) < 4.78 is 0. The molecule has 0 saturated heterocycles. The second-order valence-corrected chi connectivity index (χ2v) is 5.54. The summed E-state index contributed by atoms with van der Waals surface area (Å²) >= 11 is 7.29. The zero-order chi connectivity index (χ0) is 15.0. The highest BCUT2D eigenvalue weighted by molar-refractivity contribution is 7.99. The van der Waals surface area contributed by atoms with E-state index in [-0.39, 0.29) is 24.6 Å². The molecule has 3 N–H and O–H groups in total. The summed E-state index contributed by atoms with van der Waals surface area (Å²) in [5, 5.41) is 20.7. The summed E-state index contributed by atoms with van der Waals surface area (Å²) in [4.78, 5) is 21.8. The summed E-state index contributed by atoms with van der Waals surface area (Å²) in [6.45, 7) is 0.143. The SMILES string of the molecule is O=C(CSCc1cccc(Cl)c1)NCC[C@H](O)C(=O)O. The minimum atomic E-state index is -1.44. The van der Waals surface area contributed by atoms with Crippen LogP contribution in [0, 0.1) is 0 Å². The van der Waals surface area contributed by atoms with E-state index in [9.17, 15) is 9.59 Å². The van der Waals surface area contributed by atoms with Crippen molar-refractivity contribution in [2.75, 3.05) is 12.3 Å². The molecule has 0 saturated carbocycles. The number of nitrogens with one attached hydrogen (secondary N) is 1. The minimum Gasteiger partial charge on any atom is -0.479 e. The zero-order valence-electron chi connectivity index (χ0n) is 10.7. The van der Waals surface area contributed by atoms with Crippen LogP contribution in [0.25, 0.3) is 0 Å². The van der Waals surface area contributed by atoms with Crippen molar-refractivity contribution in [2.24, 2.45) is 0 Å². The van der Waals surface area contributed by atoms with Gasteiger partial charge in [-0.1, -0.05) is 23.7 Å². The second-order valence-electron chi connectivity index (χ2n) is 4.12. The maximum absolute atomic E-state index is 11.5. The molecule has 5 nitrogen and oxygen atoms in total. The van der Waals surface area contributed by atoms with Gasteiger partial charge in [-0.3, -0.25) is 4.79 Å². The third-order valence-corrected chi connectivity index (χ3v) is 3.65. The number of carbonyl (C=O) groups is 2. The molecule has 0 radical (unpaired) electrons. The largest absolute Gasteiger partial charge is 0.479 e. The van der Waals surface area contributed by atoms with Gasteiger partial charge in [-0.15, -0.1) is 11.8 Å². The van der Waals surface area contributed by atoms with E-state index < -0.39 is 12.1 Å². The van der Waals surface area contributed by atoms with Gasteiger partial charge in [-0.05, 0) is 17.7 Å². The highest BCUT2D eigenvalue weighted by Gasteiger charge is 2.12. The number of aliphatic hydroxyl groups is 1. The predicted molar refractivity (Wildman–Crippen MR) is 78.9 cm³/mol. The van der Waals surface area contributed by atoms with Gasteiger partial charge in [0, 0.05) is 23.7 Å². The lowest BCUT2D eigenvalue weighted by atomic mass is 10.2. The van der Waals surface area contributed by atoms with Gasteiger partial charge < -0.3 is 15.5 Å². The van der Waals surface area contributed by atoms with Crippen LogP contribution in [0.5, 0.6) is 0 Å². The van der Waals surface area contributed by atoms with Gasteiger partial charge in [-0.2, -0.15) is 0 Å². The van der Waals surface area contributed by atoms with Crippen molar-refractivity contribution >= 4 is 35.2 Å². The molecule has 1 atom stereocenters. The number of carboxylic acid groups (broad SMARTS) is 1. The first-order valence-corrected chi connectivity index (χ1v) is 7.52. The van der Waals surface area contributed by atoms with Gasteiger partial charge in [0.2, 0.25) is 5.91 Å². The van der Waals surface area contributed by atoms with E-state index in [1.54, 1.807) is 6.07 Å². The molecule has 0 fully saturated rings. The van der Waals surface area contributed by atoms with Crippen LogP contribution >= 0.6 is 23.4 Å². The zero-order valence-corrected chi connectivity index (χ0v) is 12.3. The molecular formula is C13H16ClNO4S. The molecule has 110 valence electrons. The Morgan fingerprint density at radius 2 is 2.15 bits per heavy atom. The van der Waals surface area contributed by atoms with E-state index >= 15 is 0 Å². The molecule has 0 spiro atoms. The molecule has 20 heavy (non-hydrogen) atoms. The lowest BCUT2D eigenvalue weighted by Gasteiger charge is -2.07. The molecule has 0 aliphatic rings. The van der Waals surface area contributed by atoms with E-state index in [0.29, 0.717) is 10.8 Å². The number of thioether (sulfide) groups is 1. The van der Waals surface area contributed by atoms with Gasteiger partial charge in [0.25, 0.3) is 0 Å². The number of carbonyl (C=O) groups excluding carboxylic acids is 1. The number of hydrogen-bond acceptors (Lipinski definition) is 4. The molecule has 1 aromatic rings. The predicted octanol–water partition coefficient (Wildman–Crippen LogP) is 1.52. The molecule has 0 heterocycles. The topological polar surface area (TPSA) is 86.6 Å². The van der Waals surface area contributed by atoms with Crippen LogP contribution in [0.3, 0.4) is 0 Å². The van der Waals surface area contributed by atoms with Crippen LogP contribution in [0.15, 0.2) is 24.3 Å². The molecule has 0 aromatic heterocycles. The van der Waals surface area contributed by atoms with Crippen molar-refractivity contribution in [2.45, 2.75) is 18.3 Å². The van der Waals surface area contributed by atoms with Crippen molar-refractivity contribution in [3.8, 4) is 0 Å². The smallest absolute Gasteiger partial charge is 0.332 e. The number of rotatable bonds is 8. The number of benzene rings is 1. The first kappa shape index (κ1) is 16.8. The molecule has 7 heteroatoms. The van der Waals surface area contributed by atoms with Crippen molar-refractivity contribution in [3.05, 3.63) is 34.9 Å². The third kappa shape index (κ3) is 6.79. The standard InChI is InChI=1S/C13H16ClNO4S/c14-10-3-1-2-9(6-10)7-20-8-12(17)15-5-4-11(16)13(18)19/h1-3,6,11,16H,4-5,7-8H2,(H,15,17)(H,18,19)/t11-/m0/s1. The first-order valence-electron chi connectivity index (χ1n) is 5.99. The summed E-state index contributed by atoms with van der Waals surface area (Å²) in [7, 11) is 0. The summed E-state index contributed by atoms with van der Waals surface area (Å²) in [5.74, 6) is -0.522. The number of aliphatic hydroxyl groups excluding tert-OH is 1. The maximum atomic E-state index is 11.5. The van der Waals surface area contributed by atoms with E-state index in [0.717, 1.165) is 5.56 Å². The molecule has 0 aliphatic carbocycles. The van der Waals surface area contributed by atoms with Crippen LogP contribution in [-0.2, 0) is 15.3 Å². The van der Waals surface area contributed by atoms with E-state index in [2.05, 4.69) is 5.32 Å². The van der Waals surface area contributed by atoms with Gasteiger partial charge in [-0.25, -0.2) is 4.79 Å². The van der Waals surface area contributed by atoms with Gasteiger partial charge in [0.1, 0.15) is 0 Å². The average Bonchev–Trinajstić information content (AvgIpc) is 2.38. The monoisotopic (exact) mass is 317 g/mol. The van der Waals surface area contributed by atoms with Crippen molar-refractivity contribution in [1.29, 1.82) is 0 Å². The van der Waals surface area contributed by atoms with Gasteiger partial charge in [0.15, 0.2) is 6.10 Å². The number of hydrogen-bond donors (Lipinski definition) is 3. The van der Waals surface area contributed by atoms with E-state index in [1.807, 2.05) is 18.2 Å². The fourth-order valence-electron chi connectivity index (χ4n) is 1.41. The molecule has 0 bridgehead atoms. The van der Waals surface area contributed by atoms with E-state index in [1.165, 1.54) is 11.8 Å². The summed E-state index contributed by atoms with van der Waals surface area (Å²) in [5.41, 5.74) is 1.04. The fourth-order valence-corrected chi connectivity index (χ4v) is 2.43. The normalized spacial score (nSPS) is 11.9. The van der Waals surface area contributed by atoms with Crippen LogP contribution < -0.4 is 5.32 Å². The summed E-state index contributed by atoms with van der Waals surface area (Å²) in [6, 6.07) is 7.41. The Morgan fingerprint density at radius 3 is 2.80 bits per heavy atom. The molecule has 1 aromatic carbocycles. The van der Waals surface area contributed by atoms with Crippen molar-refractivity contribution < 1.29 is 19.8 Å². The van der Waals surface area contributed by atoms with Crippen LogP contribution in [0.2, 0.25) is 5.02 Å². The fraction of sp³-hybridized carbons (Fsp3) is 0.385. The Hall–Kier alpha value is -1.24. The lowest BCUT2D eigenvalue weighted by molar-refractivity contribution is -0.147. The number of halogens is 1. The maximum Gasteiger partial charge on any atom is 0.332 e. The highest BCUT2D eigenvalue weighted by Crippen LogP contribution is 2.16. The molecular weight excluding hydrogens is 302 g/mol. The Bertz CT molecular complexity index is 469. The van der Waals surface area contributed by atoms with Crippen LogP contribution in [-0.4, -0.2) is 40.5 Å². The molecule has 0 unspecified atom stereocenters. The summed E-state index contributed by atoms with van der Waals surface area (Å²) in [6.07, 6.45) is -1.44. The Labute approximate surface area is 126 Å². The number of aliphatic carboxylic acids is 1. The highest BCUT2D eigenvalue weighted by atomic mass is 35.5. The average molecular weight is 318 g/mol. The van der Waals surface area contributed by atoms with Crippen molar-refractivity contribution in [1.82, 2.24) is 5.32 Å². The minimum absolute atomic E-state index is 0.0000329.